The molecule has 24 heavy (non-hydrogen) atoms. The lowest BCUT2D eigenvalue weighted by Gasteiger charge is -2.16. The summed E-state index contributed by atoms with van der Waals surface area (Å²) in [5, 5.41) is 14.0. The van der Waals surface area contributed by atoms with E-state index in [0.29, 0.717) is 0 Å². The average Bonchev–Trinajstić information content (AvgIpc) is 2.81. The first-order valence-electron chi connectivity index (χ1n) is 7.88. The Balaban J connectivity index is 1.90. The van der Waals surface area contributed by atoms with Crippen molar-refractivity contribution in [1.29, 1.82) is 0 Å². The number of rotatable bonds is 5. The Morgan fingerprint density at radius 1 is 1.25 bits per heavy atom. The average molecular weight is 355 g/mol. The molecule has 0 radical (unpaired) electrons. The second kappa shape index (κ2) is 8.63. The number of nitrogens with zero attached hydrogens (tertiary/aromatic N) is 1. The maximum atomic E-state index is 12.0. The van der Waals surface area contributed by atoms with Crippen LogP contribution in [0.1, 0.15) is 48.9 Å². The van der Waals surface area contributed by atoms with Crippen LogP contribution in [0.2, 0.25) is 5.02 Å². The van der Waals surface area contributed by atoms with E-state index in [-0.39, 0.29) is 16.6 Å². The normalized spacial score (nSPS) is 15.4. The minimum atomic E-state index is -0.922. The van der Waals surface area contributed by atoms with Crippen molar-refractivity contribution in [2.24, 2.45) is 0 Å². The van der Waals surface area contributed by atoms with E-state index in [1.54, 1.807) is 0 Å². The quantitative estimate of drug-likeness (QED) is 0.379. The van der Waals surface area contributed by atoms with Gasteiger partial charge in [0.25, 0.3) is 11.6 Å². The highest BCUT2D eigenvalue weighted by Crippen LogP contribution is 2.24. The summed E-state index contributed by atoms with van der Waals surface area (Å²) in [5.41, 5.74) is -0.677. The summed E-state index contributed by atoms with van der Waals surface area (Å²) in [6.45, 7) is -0.463. The highest BCUT2D eigenvalue weighted by atomic mass is 35.5. The first-order chi connectivity index (χ1) is 11.5. The van der Waals surface area contributed by atoms with Gasteiger partial charge in [-0.2, -0.15) is 0 Å². The van der Waals surface area contributed by atoms with Gasteiger partial charge in [0.2, 0.25) is 0 Å². The van der Waals surface area contributed by atoms with Crippen LogP contribution in [0.15, 0.2) is 18.2 Å². The van der Waals surface area contributed by atoms with Crippen molar-refractivity contribution in [2.75, 3.05) is 6.61 Å². The van der Waals surface area contributed by atoms with Gasteiger partial charge in [0.15, 0.2) is 6.61 Å². The van der Waals surface area contributed by atoms with E-state index in [9.17, 15) is 19.7 Å². The zero-order chi connectivity index (χ0) is 17.5. The summed E-state index contributed by atoms with van der Waals surface area (Å²) in [5.74, 6) is -1.32. The smallest absolute Gasteiger partial charge is 0.345 e. The fraction of sp³-hybridized carbons (Fsp3) is 0.500. The number of hydrogen-bond donors (Lipinski definition) is 1. The summed E-state index contributed by atoms with van der Waals surface area (Å²) in [4.78, 5) is 34.1. The molecule has 7 nitrogen and oxygen atoms in total. The first-order valence-corrected chi connectivity index (χ1v) is 8.25. The molecule has 2 rings (SSSR count). The molecular weight excluding hydrogens is 336 g/mol. The molecule has 0 heterocycles. The van der Waals surface area contributed by atoms with E-state index < -0.39 is 29.1 Å². The van der Waals surface area contributed by atoms with Crippen LogP contribution < -0.4 is 5.32 Å². The SMILES string of the molecule is O=C(COC(=O)c1ccc(Cl)cc1[N+](=O)[O-])NC1CCCCCC1. The summed E-state index contributed by atoms with van der Waals surface area (Å²) >= 11 is 5.69. The highest BCUT2D eigenvalue weighted by molar-refractivity contribution is 6.31. The van der Waals surface area contributed by atoms with Crippen molar-refractivity contribution in [3.8, 4) is 0 Å². The molecule has 0 unspecified atom stereocenters. The molecule has 1 aromatic rings. The van der Waals surface area contributed by atoms with E-state index in [4.69, 9.17) is 16.3 Å². The standard InChI is InChI=1S/C16H19ClN2O5/c17-11-7-8-13(14(9-11)19(22)23)16(21)24-10-15(20)18-12-5-3-1-2-4-6-12/h7-9,12H,1-6,10H2,(H,18,20). The number of esters is 1. The van der Waals surface area contributed by atoms with E-state index >= 15 is 0 Å². The Morgan fingerprint density at radius 2 is 1.92 bits per heavy atom. The third kappa shape index (κ3) is 5.19. The van der Waals surface area contributed by atoms with Gasteiger partial charge in [-0.3, -0.25) is 14.9 Å². The second-order valence-electron chi connectivity index (χ2n) is 5.75. The lowest BCUT2D eigenvalue weighted by molar-refractivity contribution is -0.385. The van der Waals surface area contributed by atoms with Crippen molar-refractivity contribution in [3.63, 3.8) is 0 Å². The zero-order valence-electron chi connectivity index (χ0n) is 13.1. The topological polar surface area (TPSA) is 98.5 Å². The summed E-state index contributed by atoms with van der Waals surface area (Å²) < 4.78 is 4.89. The van der Waals surface area contributed by atoms with Crippen LogP contribution in [-0.4, -0.2) is 29.4 Å². The van der Waals surface area contributed by atoms with E-state index in [0.717, 1.165) is 31.7 Å². The molecule has 8 heteroatoms. The molecule has 1 aliphatic rings. The summed E-state index contributed by atoms with van der Waals surface area (Å²) in [6, 6.07) is 3.75. The van der Waals surface area contributed by atoms with Gasteiger partial charge in [0.1, 0.15) is 5.56 Å². The number of halogens is 1. The van der Waals surface area contributed by atoms with E-state index in [1.165, 1.54) is 25.0 Å². The number of carbonyl (C=O) groups is 2. The molecule has 1 amide bonds. The molecular formula is C16H19ClN2O5. The minimum Gasteiger partial charge on any atom is -0.452 e. The number of ether oxygens (including phenoxy) is 1. The molecule has 1 aliphatic carbocycles. The Kier molecular flexibility index (Phi) is 6.54. The molecule has 0 aliphatic heterocycles. The van der Waals surface area contributed by atoms with Gasteiger partial charge >= 0.3 is 5.97 Å². The van der Waals surface area contributed by atoms with Gasteiger partial charge in [-0.05, 0) is 25.0 Å². The van der Waals surface area contributed by atoms with Gasteiger partial charge < -0.3 is 10.1 Å². The first kappa shape index (κ1) is 18.2. The van der Waals surface area contributed by atoms with Crippen molar-refractivity contribution >= 4 is 29.2 Å². The number of nitro groups is 1. The van der Waals surface area contributed by atoms with E-state index in [2.05, 4.69) is 5.32 Å². The summed E-state index contributed by atoms with van der Waals surface area (Å²) in [6.07, 6.45) is 6.32. The van der Waals surface area contributed by atoms with Crippen LogP contribution >= 0.6 is 11.6 Å². The number of amides is 1. The van der Waals surface area contributed by atoms with Crippen molar-refractivity contribution < 1.29 is 19.2 Å². The molecule has 1 saturated carbocycles. The molecule has 1 aromatic carbocycles. The van der Waals surface area contributed by atoms with Crippen LogP contribution in [0.3, 0.4) is 0 Å². The fourth-order valence-corrected chi connectivity index (χ4v) is 2.90. The number of hydrogen-bond acceptors (Lipinski definition) is 5. The van der Waals surface area contributed by atoms with Crippen LogP contribution in [-0.2, 0) is 9.53 Å². The van der Waals surface area contributed by atoms with E-state index in [1.807, 2.05) is 0 Å². The Labute approximate surface area is 144 Å². The molecule has 0 spiro atoms. The van der Waals surface area contributed by atoms with Gasteiger partial charge in [-0.15, -0.1) is 0 Å². The Morgan fingerprint density at radius 3 is 2.54 bits per heavy atom. The van der Waals surface area contributed by atoms with Crippen molar-refractivity contribution in [1.82, 2.24) is 5.32 Å². The second-order valence-corrected chi connectivity index (χ2v) is 6.19. The Bertz CT molecular complexity index is 627. The third-order valence-electron chi connectivity index (χ3n) is 3.93. The number of nitrogens with one attached hydrogen (secondary N) is 1. The molecule has 0 bridgehead atoms. The maximum absolute atomic E-state index is 12.0. The van der Waals surface area contributed by atoms with Crippen molar-refractivity contribution in [2.45, 2.75) is 44.6 Å². The highest BCUT2D eigenvalue weighted by Gasteiger charge is 2.23. The van der Waals surface area contributed by atoms with Gasteiger partial charge in [-0.25, -0.2) is 4.79 Å². The lowest BCUT2D eigenvalue weighted by atomic mass is 10.1. The molecule has 0 saturated heterocycles. The largest absolute Gasteiger partial charge is 0.452 e. The maximum Gasteiger partial charge on any atom is 0.345 e. The summed E-state index contributed by atoms with van der Waals surface area (Å²) in [7, 11) is 0. The van der Waals surface area contributed by atoms with Crippen molar-refractivity contribution in [3.05, 3.63) is 38.9 Å². The minimum absolute atomic E-state index is 0.101. The molecule has 0 aromatic heterocycles. The number of benzene rings is 1. The predicted octanol–water partition coefficient (Wildman–Crippen LogP) is 3.24. The van der Waals surface area contributed by atoms with Gasteiger partial charge in [0.05, 0.1) is 4.92 Å². The third-order valence-corrected chi connectivity index (χ3v) is 4.17. The van der Waals surface area contributed by atoms with Gasteiger partial charge in [0, 0.05) is 17.1 Å². The van der Waals surface area contributed by atoms with Gasteiger partial charge in [-0.1, -0.05) is 37.3 Å². The van der Waals surface area contributed by atoms with Crippen LogP contribution in [0.4, 0.5) is 5.69 Å². The molecule has 0 atom stereocenters. The Hall–Kier alpha value is -2.15. The number of carbonyl (C=O) groups excluding carboxylic acids is 2. The van der Waals surface area contributed by atoms with Crippen LogP contribution in [0.5, 0.6) is 0 Å². The predicted molar refractivity (Wildman–Crippen MR) is 88.0 cm³/mol. The lowest BCUT2D eigenvalue weighted by Crippen LogP contribution is -2.37. The van der Waals surface area contributed by atoms with Crippen LogP contribution in [0, 0.1) is 10.1 Å². The molecule has 130 valence electrons. The number of nitro benzene ring substituents is 1. The monoisotopic (exact) mass is 354 g/mol. The van der Waals surface area contributed by atoms with Crippen LogP contribution in [0.25, 0.3) is 0 Å². The zero-order valence-corrected chi connectivity index (χ0v) is 13.9. The fourth-order valence-electron chi connectivity index (χ4n) is 2.73. The molecule has 1 N–H and O–H groups in total. The molecule has 1 fully saturated rings.